The van der Waals surface area contributed by atoms with Gasteiger partial charge in [-0.15, -0.1) is 0 Å². The molecule has 0 saturated carbocycles. The summed E-state index contributed by atoms with van der Waals surface area (Å²) in [5.41, 5.74) is 0.526. The third-order valence-corrected chi connectivity index (χ3v) is 3.19. The van der Waals surface area contributed by atoms with Gasteiger partial charge in [-0.05, 0) is 43.5 Å². The normalized spacial score (nSPS) is 19.2. The molecule has 1 unspecified atom stereocenters. The molecular weight excluding hydrogens is 244 g/mol. The van der Waals surface area contributed by atoms with Crippen molar-refractivity contribution in [3.63, 3.8) is 0 Å². The van der Waals surface area contributed by atoms with Gasteiger partial charge in [0.15, 0.2) is 0 Å². The summed E-state index contributed by atoms with van der Waals surface area (Å²) in [6.45, 7) is 0.688. The third kappa shape index (κ3) is 3.47. The highest BCUT2D eigenvalue weighted by molar-refractivity contribution is 5.97. The Morgan fingerprint density at radius 1 is 1.32 bits per heavy atom. The summed E-state index contributed by atoms with van der Waals surface area (Å²) in [7, 11) is 1.57. The molecule has 0 aliphatic carbocycles. The molecule has 1 saturated heterocycles. The number of rotatable bonds is 3. The zero-order chi connectivity index (χ0) is 13.7. The van der Waals surface area contributed by atoms with E-state index in [0.29, 0.717) is 24.3 Å². The highest BCUT2D eigenvalue weighted by Gasteiger charge is 2.22. The number of ether oxygens (including phenoxy) is 1. The fourth-order valence-corrected chi connectivity index (χ4v) is 2.06. The van der Waals surface area contributed by atoms with Crippen molar-refractivity contribution in [2.75, 3.05) is 13.7 Å². The maximum absolute atomic E-state index is 12.0. The van der Waals surface area contributed by atoms with E-state index < -0.39 is 6.04 Å². The van der Waals surface area contributed by atoms with E-state index in [1.54, 1.807) is 31.4 Å². The number of benzene rings is 1. The predicted octanol–water partition coefficient (Wildman–Crippen LogP) is 1.09. The fourth-order valence-electron chi connectivity index (χ4n) is 2.06. The van der Waals surface area contributed by atoms with Gasteiger partial charge in [-0.1, -0.05) is 0 Å². The molecule has 1 aromatic rings. The zero-order valence-corrected chi connectivity index (χ0v) is 10.9. The van der Waals surface area contributed by atoms with Crippen LogP contribution in [-0.2, 0) is 4.79 Å². The summed E-state index contributed by atoms with van der Waals surface area (Å²) >= 11 is 0. The first kappa shape index (κ1) is 13.4. The van der Waals surface area contributed by atoms with Gasteiger partial charge in [0.2, 0.25) is 5.91 Å². The standard InChI is InChI=1S/C14H18N2O3/c1-19-11-7-5-10(6-8-11)13(17)16-12-4-2-3-9-15-14(12)18/h5-8,12H,2-4,9H2,1H3,(H,15,18)(H,16,17). The molecule has 0 bridgehead atoms. The number of hydrogen-bond acceptors (Lipinski definition) is 3. The Kier molecular flexibility index (Phi) is 4.39. The minimum absolute atomic E-state index is 0.0978. The molecule has 0 aromatic heterocycles. The molecule has 0 spiro atoms. The lowest BCUT2D eigenvalue weighted by atomic mass is 10.1. The molecule has 1 aliphatic rings. The summed E-state index contributed by atoms with van der Waals surface area (Å²) in [4.78, 5) is 23.8. The monoisotopic (exact) mass is 262 g/mol. The summed E-state index contributed by atoms with van der Waals surface area (Å²) < 4.78 is 5.04. The molecule has 2 N–H and O–H groups in total. The molecule has 1 aromatic carbocycles. The van der Waals surface area contributed by atoms with Crippen LogP contribution in [0.15, 0.2) is 24.3 Å². The number of methoxy groups -OCH3 is 1. The van der Waals surface area contributed by atoms with Crippen molar-refractivity contribution in [1.82, 2.24) is 10.6 Å². The maximum atomic E-state index is 12.0. The molecule has 1 atom stereocenters. The number of amides is 2. The first-order valence-corrected chi connectivity index (χ1v) is 6.43. The number of hydrogen-bond donors (Lipinski definition) is 2. The Balaban J connectivity index is 2.00. The largest absolute Gasteiger partial charge is 0.497 e. The average Bonchev–Trinajstić information content (AvgIpc) is 2.64. The van der Waals surface area contributed by atoms with Crippen LogP contribution in [0.5, 0.6) is 5.75 Å². The summed E-state index contributed by atoms with van der Waals surface area (Å²) in [6.07, 6.45) is 2.58. The topological polar surface area (TPSA) is 67.4 Å². The number of nitrogens with one attached hydrogen (secondary N) is 2. The lowest BCUT2D eigenvalue weighted by Gasteiger charge is -2.15. The summed E-state index contributed by atoms with van der Waals surface area (Å²) in [5.74, 6) is 0.368. The van der Waals surface area contributed by atoms with Crippen molar-refractivity contribution in [2.45, 2.75) is 25.3 Å². The predicted molar refractivity (Wildman–Crippen MR) is 71.1 cm³/mol. The quantitative estimate of drug-likeness (QED) is 0.857. The van der Waals surface area contributed by atoms with Gasteiger partial charge in [0.25, 0.3) is 5.91 Å². The highest BCUT2D eigenvalue weighted by atomic mass is 16.5. The van der Waals surface area contributed by atoms with Gasteiger partial charge in [0.1, 0.15) is 11.8 Å². The molecule has 5 nitrogen and oxygen atoms in total. The van der Waals surface area contributed by atoms with Crippen LogP contribution in [0.3, 0.4) is 0 Å². The Morgan fingerprint density at radius 3 is 2.74 bits per heavy atom. The highest BCUT2D eigenvalue weighted by Crippen LogP contribution is 2.12. The molecule has 0 radical (unpaired) electrons. The number of carbonyl (C=O) groups is 2. The Hall–Kier alpha value is -2.04. The van der Waals surface area contributed by atoms with Gasteiger partial charge < -0.3 is 15.4 Å². The Morgan fingerprint density at radius 2 is 2.05 bits per heavy atom. The maximum Gasteiger partial charge on any atom is 0.251 e. The second-order valence-electron chi connectivity index (χ2n) is 4.54. The van der Waals surface area contributed by atoms with Crippen molar-refractivity contribution in [2.24, 2.45) is 0 Å². The molecule has 19 heavy (non-hydrogen) atoms. The lowest BCUT2D eigenvalue weighted by molar-refractivity contribution is -0.122. The van der Waals surface area contributed by atoms with Crippen molar-refractivity contribution in [3.8, 4) is 5.75 Å². The molecular formula is C14H18N2O3. The molecule has 2 amide bonds. The summed E-state index contributed by atoms with van der Waals surface area (Å²) in [6, 6.07) is 6.38. The van der Waals surface area contributed by atoms with E-state index in [-0.39, 0.29) is 11.8 Å². The lowest BCUT2D eigenvalue weighted by Crippen LogP contribution is -2.45. The second-order valence-corrected chi connectivity index (χ2v) is 4.54. The first-order chi connectivity index (χ1) is 9.20. The Bertz CT molecular complexity index is 456. The van der Waals surface area contributed by atoms with Crippen LogP contribution < -0.4 is 15.4 Å². The molecule has 1 heterocycles. The minimum Gasteiger partial charge on any atom is -0.497 e. The van der Waals surface area contributed by atoms with Crippen molar-refractivity contribution in [1.29, 1.82) is 0 Å². The molecule has 1 fully saturated rings. The van der Waals surface area contributed by atoms with Crippen molar-refractivity contribution < 1.29 is 14.3 Å². The van der Waals surface area contributed by atoms with Crippen LogP contribution in [0.4, 0.5) is 0 Å². The fraction of sp³-hybridized carbons (Fsp3) is 0.429. The van der Waals surface area contributed by atoms with Crippen LogP contribution in [0.1, 0.15) is 29.6 Å². The van der Waals surface area contributed by atoms with E-state index in [2.05, 4.69) is 10.6 Å². The van der Waals surface area contributed by atoms with E-state index in [9.17, 15) is 9.59 Å². The van der Waals surface area contributed by atoms with Crippen molar-refractivity contribution >= 4 is 11.8 Å². The molecule has 5 heteroatoms. The van der Waals surface area contributed by atoms with Gasteiger partial charge in [-0.3, -0.25) is 9.59 Å². The van der Waals surface area contributed by atoms with Crippen LogP contribution in [0.25, 0.3) is 0 Å². The molecule has 2 rings (SSSR count). The minimum atomic E-state index is -0.433. The van der Waals surface area contributed by atoms with Gasteiger partial charge in [-0.25, -0.2) is 0 Å². The van der Waals surface area contributed by atoms with Gasteiger partial charge >= 0.3 is 0 Å². The number of carbonyl (C=O) groups excluding carboxylic acids is 2. The average molecular weight is 262 g/mol. The van der Waals surface area contributed by atoms with Gasteiger partial charge in [-0.2, -0.15) is 0 Å². The van der Waals surface area contributed by atoms with E-state index in [0.717, 1.165) is 12.8 Å². The molecule has 1 aliphatic heterocycles. The van der Waals surface area contributed by atoms with Crippen LogP contribution in [-0.4, -0.2) is 31.5 Å². The smallest absolute Gasteiger partial charge is 0.251 e. The first-order valence-electron chi connectivity index (χ1n) is 6.43. The van der Waals surface area contributed by atoms with Gasteiger partial charge in [0.05, 0.1) is 7.11 Å². The van der Waals surface area contributed by atoms with E-state index in [4.69, 9.17) is 4.74 Å². The second kappa shape index (κ2) is 6.22. The van der Waals surface area contributed by atoms with Gasteiger partial charge in [0, 0.05) is 12.1 Å². The van der Waals surface area contributed by atoms with Crippen molar-refractivity contribution in [3.05, 3.63) is 29.8 Å². The Labute approximate surface area is 112 Å². The SMILES string of the molecule is COc1ccc(C(=O)NC2CCCCNC2=O)cc1. The van der Waals surface area contributed by atoms with Crippen LogP contribution in [0.2, 0.25) is 0 Å². The van der Waals surface area contributed by atoms with Crippen LogP contribution in [0, 0.1) is 0 Å². The van der Waals surface area contributed by atoms with Crippen LogP contribution >= 0.6 is 0 Å². The van der Waals surface area contributed by atoms with E-state index >= 15 is 0 Å². The third-order valence-electron chi connectivity index (χ3n) is 3.19. The summed E-state index contributed by atoms with van der Waals surface area (Å²) in [5, 5.41) is 5.57. The van der Waals surface area contributed by atoms with E-state index in [1.807, 2.05) is 0 Å². The zero-order valence-electron chi connectivity index (χ0n) is 10.9. The molecule has 102 valence electrons. The van der Waals surface area contributed by atoms with E-state index in [1.165, 1.54) is 0 Å².